The normalized spacial score (nSPS) is 10.6. The van der Waals surface area contributed by atoms with Crippen LogP contribution in [-0.2, 0) is 0 Å². The number of rotatable bonds is 1. The fraction of sp³-hybridized carbons (Fsp3) is 0.111. The fourth-order valence-corrected chi connectivity index (χ4v) is 2.30. The van der Waals surface area contributed by atoms with E-state index in [2.05, 4.69) is 4.98 Å². The number of hydrogen-bond donors (Lipinski definition) is 0. The Bertz CT molecular complexity index is 477. The second-order valence-electron chi connectivity index (χ2n) is 2.75. The average molecular weight is 212 g/mol. The maximum atomic E-state index is 10.9. The van der Waals surface area contributed by atoms with E-state index in [1.54, 1.807) is 12.4 Å². The van der Waals surface area contributed by atoms with Crippen LogP contribution in [0.1, 0.15) is 15.2 Å². The van der Waals surface area contributed by atoms with Gasteiger partial charge in [-0.2, -0.15) is 0 Å². The van der Waals surface area contributed by atoms with Crippen molar-refractivity contribution in [1.82, 2.24) is 4.98 Å². The first-order valence-electron chi connectivity index (χ1n) is 3.72. The zero-order valence-corrected chi connectivity index (χ0v) is 8.45. The standard InChI is InChI=1S/C9H6ClNOS/c1-5-3-11-4-8-6(5)2-7(13-8)9(10)12/h2-4H,1H3. The third-order valence-electron chi connectivity index (χ3n) is 1.84. The van der Waals surface area contributed by atoms with Crippen LogP contribution in [0.15, 0.2) is 18.5 Å². The summed E-state index contributed by atoms with van der Waals surface area (Å²) in [5.41, 5.74) is 1.07. The molecule has 0 saturated carbocycles. The maximum absolute atomic E-state index is 10.9. The molecule has 0 aliphatic carbocycles. The number of aromatic nitrogens is 1. The van der Waals surface area contributed by atoms with Gasteiger partial charge in [-0.3, -0.25) is 9.78 Å². The molecule has 2 aromatic heterocycles. The highest BCUT2D eigenvalue weighted by Gasteiger charge is 2.08. The molecule has 0 aromatic carbocycles. The quantitative estimate of drug-likeness (QED) is 0.679. The Hall–Kier alpha value is -0.930. The minimum Gasteiger partial charge on any atom is -0.275 e. The largest absolute Gasteiger partial charge is 0.275 e. The highest BCUT2D eigenvalue weighted by atomic mass is 35.5. The Labute approximate surface area is 84.2 Å². The van der Waals surface area contributed by atoms with Crippen LogP contribution in [0.2, 0.25) is 0 Å². The van der Waals surface area contributed by atoms with Crippen molar-refractivity contribution < 1.29 is 4.79 Å². The molecule has 2 nitrogen and oxygen atoms in total. The van der Waals surface area contributed by atoms with Crippen molar-refractivity contribution in [1.29, 1.82) is 0 Å². The van der Waals surface area contributed by atoms with E-state index in [0.717, 1.165) is 15.6 Å². The Balaban J connectivity index is 2.75. The molecule has 0 unspecified atom stereocenters. The van der Waals surface area contributed by atoms with Gasteiger partial charge in [-0.25, -0.2) is 0 Å². The number of nitrogens with zero attached hydrogens (tertiary/aromatic N) is 1. The van der Waals surface area contributed by atoms with Crippen molar-refractivity contribution in [3.05, 3.63) is 28.9 Å². The summed E-state index contributed by atoms with van der Waals surface area (Å²) >= 11 is 6.75. The average Bonchev–Trinajstić information content (AvgIpc) is 2.49. The van der Waals surface area contributed by atoms with Crippen LogP contribution in [0.25, 0.3) is 10.1 Å². The summed E-state index contributed by atoms with van der Waals surface area (Å²) in [5, 5.41) is 0.657. The second-order valence-corrected chi connectivity index (χ2v) is 4.18. The number of pyridine rings is 1. The monoisotopic (exact) mass is 211 g/mol. The van der Waals surface area contributed by atoms with Gasteiger partial charge in [-0.05, 0) is 35.5 Å². The molecule has 0 aliphatic rings. The van der Waals surface area contributed by atoms with Gasteiger partial charge in [0.15, 0.2) is 0 Å². The minimum absolute atomic E-state index is 0.402. The molecule has 66 valence electrons. The van der Waals surface area contributed by atoms with Gasteiger partial charge >= 0.3 is 0 Å². The molecule has 0 aliphatic heterocycles. The first-order chi connectivity index (χ1) is 6.18. The Morgan fingerprint density at radius 2 is 2.31 bits per heavy atom. The van der Waals surface area contributed by atoms with Crippen molar-refractivity contribution in [2.75, 3.05) is 0 Å². The smallest absolute Gasteiger partial charge is 0.262 e. The summed E-state index contributed by atoms with van der Waals surface area (Å²) in [5.74, 6) is 0. The van der Waals surface area contributed by atoms with Crippen LogP contribution < -0.4 is 0 Å². The molecule has 0 fully saturated rings. The summed E-state index contributed by atoms with van der Waals surface area (Å²) in [6, 6.07) is 1.81. The first-order valence-corrected chi connectivity index (χ1v) is 4.92. The summed E-state index contributed by atoms with van der Waals surface area (Å²) in [6.07, 6.45) is 3.52. The molecule has 0 spiro atoms. The number of hydrogen-bond acceptors (Lipinski definition) is 3. The lowest BCUT2D eigenvalue weighted by Gasteiger charge is -1.90. The van der Waals surface area contributed by atoms with Crippen molar-refractivity contribution in [3.8, 4) is 0 Å². The van der Waals surface area contributed by atoms with Crippen LogP contribution in [0, 0.1) is 6.92 Å². The third-order valence-corrected chi connectivity index (χ3v) is 3.22. The van der Waals surface area contributed by atoms with E-state index >= 15 is 0 Å². The van der Waals surface area contributed by atoms with E-state index in [9.17, 15) is 4.79 Å². The molecule has 2 aromatic rings. The van der Waals surface area contributed by atoms with Gasteiger partial charge in [0.05, 0.1) is 9.58 Å². The third kappa shape index (κ3) is 1.45. The molecule has 13 heavy (non-hydrogen) atoms. The number of carbonyl (C=O) groups is 1. The predicted molar refractivity (Wildman–Crippen MR) is 54.5 cm³/mol. The Morgan fingerprint density at radius 3 is 2.92 bits per heavy atom. The van der Waals surface area contributed by atoms with Crippen LogP contribution in [0.5, 0.6) is 0 Å². The number of thiophene rings is 1. The molecule has 0 atom stereocenters. The van der Waals surface area contributed by atoms with Crippen LogP contribution in [-0.4, -0.2) is 10.2 Å². The fourth-order valence-electron chi connectivity index (χ4n) is 1.19. The zero-order chi connectivity index (χ0) is 9.42. The first kappa shape index (κ1) is 8.66. The lowest BCUT2D eigenvalue weighted by atomic mass is 10.2. The van der Waals surface area contributed by atoms with Gasteiger partial charge < -0.3 is 0 Å². The molecular weight excluding hydrogens is 206 g/mol. The van der Waals surface area contributed by atoms with E-state index in [1.165, 1.54) is 11.3 Å². The van der Waals surface area contributed by atoms with Crippen LogP contribution in [0.3, 0.4) is 0 Å². The second kappa shape index (κ2) is 3.09. The van der Waals surface area contributed by atoms with Crippen LogP contribution >= 0.6 is 22.9 Å². The topological polar surface area (TPSA) is 30.0 Å². The van der Waals surface area contributed by atoms with E-state index in [0.29, 0.717) is 4.88 Å². The number of halogens is 1. The van der Waals surface area contributed by atoms with Gasteiger partial charge in [0, 0.05) is 12.4 Å². The van der Waals surface area contributed by atoms with Crippen molar-refractivity contribution in [3.63, 3.8) is 0 Å². The minimum atomic E-state index is -0.402. The molecule has 2 rings (SSSR count). The molecule has 4 heteroatoms. The van der Waals surface area contributed by atoms with Gasteiger partial charge in [-0.1, -0.05) is 0 Å². The summed E-state index contributed by atoms with van der Waals surface area (Å²) in [6.45, 7) is 1.96. The van der Waals surface area contributed by atoms with Gasteiger partial charge in [0.2, 0.25) is 0 Å². The van der Waals surface area contributed by atoms with E-state index in [4.69, 9.17) is 11.6 Å². The number of fused-ring (bicyclic) bond motifs is 1. The van der Waals surface area contributed by atoms with Crippen LogP contribution in [0.4, 0.5) is 0 Å². The molecule has 0 saturated heterocycles. The molecular formula is C9H6ClNOS. The van der Waals surface area contributed by atoms with Gasteiger partial charge in [0.1, 0.15) is 0 Å². The van der Waals surface area contributed by atoms with E-state index in [1.807, 2.05) is 13.0 Å². The number of carbonyl (C=O) groups excluding carboxylic acids is 1. The lowest BCUT2D eigenvalue weighted by Crippen LogP contribution is -1.79. The molecule has 2 heterocycles. The summed E-state index contributed by atoms with van der Waals surface area (Å²) in [7, 11) is 0. The van der Waals surface area contributed by atoms with Crippen molar-refractivity contribution in [2.45, 2.75) is 6.92 Å². The Morgan fingerprint density at radius 1 is 1.54 bits per heavy atom. The molecule has 0 bridgehead atoms. The zero-order valence-electron chi connectivity index (χ0n) is 6.87. The lowest BCUT2D eigenvalue weighted by molar-refractivity contribution is 0.108. The van der Waals surface area contributed by atoms with Gasteiger partial charge in [0.25, 0.3) is 5.24 Å². The highest BCUT2D eigenvalue weighted by molar-refractivity contribution is 7.22. The summed E-state index contributed by atoms with van der Waals surface area (Å²) in [4.78, 5) is 15.5. The van der Waals surface area contributed by atoms with Crippen molar-refractivity contribution >= 4 is 38.3 Å². The van der Waals surface area contributed by atoms with E-state index < -0.39 is 5.24 Å². The molecule has 0 amide bonds. The van der Waals surface area contributed by atoms with Crippen molar-refractivity contribution in [2.24, 2.45) is 0 Å². The highest BCUT2D eigenvalue weighted by Crippen LogP contribution is 2.27. The Kier molecular flexibility index (Phi) is 2.06. The molecule has 0 N–H and O–H groups in total. The SMILES string of the molecule is Cc1cncc2sc(C(=O)Cl)cc12. The molecule has 0 radical (unpaired) electrons. The predicted octanol–water partition coefficient (Wildman–Crippen LogP) is 2.98. The summed E-state index contributed by atoms with van der Waals surface area (Å²) < 4.78 is 1.00. The van der Waals surface area contributed by atoms with E-state index in [-0.39, 0.29) is 0 Å². The number of aryl methyl sites for hydroxylation is 1. The van der Waals surface area contributed by atoms with Gasteiger partial charge in [-0.15, -0.1) is 11.3 Å². The maximum Gasteiger partial charge on any atom is 0.262 e.